The van der Waals surface area contributed by atoms with Crippen molar-refractivity contribution in [1.29, 1.82) is 0 Å². The van der Waals surface area contributed by atoms with Gasteiger partial charge in [0.05, 0.1) is 5.52 Å². The lowest BCUT2D eigenvalue weighted by molar-refractivity contribution is -0.169. The van der Waals surface area contributed by atoms with E-state index in [2.05, 4.69) is 50.8 Å². The summed E-state index contributed by atoms with van der Waals surface area (Å²) in [7, 11) is -0.858. The summed E-state index contributed by atoms with van der Waals surface area (Å²) in [4.78, 5) is 20.3. The van der Waals surface area contributed by atoms with Gasteiger partial charge in [-0.15, -0.1) is 0 Å². The number of fused-ring (bicyclic) bond motifs is 1. The fourth-order valence-electron chi connectivity index (χ4n) is 4.06. The topological polar surface area (TPSA) is 67.2 Å². The van der Waals surface area contributed by atoms with Gasteiger partial charge in [0.25, 0.3) is 0 Å². The molecule has 2 heterocycles. The minimum Gasteiger partial charge on any atom is -0.365 e. The van der Waals surface area contributed by atoms with Gasteiger partial charge in [-0.2, -0.15) is 17.5 Å². The Morgan fingerprint density at radius 3 is 2.58 bits per heavy atom. The predicted molar refractivity (Wildman–Crippen MR) is 125 cm³/mol. The molecule has 9 heteroatoms. The van der Waals surface area contributed by atoms with Crippen LogP contribution in [0.15, 0.2) is 46.8 Å². The lowest BCUT2D eigenvalue weighted by Gasteiger charge is -2.24. The van der Waals surface area contributed by atoms with Gasteiger partial charge in [0.2, 0.25) is 0 Å². The largest absolute Gasteiger partial charge is 0.474 e. The molecule has 0 radical (unpaired) electrons. The van der Waals surface area contributed by atoms with E-state index in [9.17, 15) is 18.0 Å². The van der Waals surface area contributed by atoms with E-state index in [4.69, 9.17) is 0 Å². The van der Waals surface area contributed by atoms with Crippen molar-refractivity contribution in [1.82, 2.24) is 9.97 Å². The summed E-state index contributed by atoms with van der Waals surface area (Å²) in [6.07, 6.45) is -3.49. The first-order valence-electron chi connectivity index (χ1n) is 10.8. The molecule has 0 bridgehead atoms. The molecule has 5 nitrogen and oxygen atoms in total. The SMILES string of the molecule is Cc1cccc(CNc2nc(C)nc3ccc(C4CCS(=NC(=O)C(F)(F)F)CC4)cc23)c1. The van der Waals surface area contributed by atoms with Crippen LogP contribution in [0.25, 0.3) is 10.9 Å². The van der Waals surface area contributed by atoms with Crippen molar-refractivity contribution in [2.45, 2.75) is 45.3 Å². The van der Waals surface area contributed by atoms with Gasteiger partial charge in [0.15, 0.2) is 0 Å². The number of carbonyl (C=O) groups is 1. The van der Waals surface area contributed by atoms with Gasteiger partial charge in [-0.05, 0) is 55.9 Å². The van der Waals surface area contributed by atoms with E-state index in [1.807, 2.05) is 25.1 Å². The molecule has 1 fully saturated rings. The average molecular weight is 475 g/mol. The van der Waals surface area contributed by atoms with Crippen molar-refractivity contribution in [3.05, 3.63) is 65.0 Å². The molecule has 1 amide bonds. The Labute approximate surface area is 192 Å². The maximum absolute atomic E-state index is 12.5. The highest BCUT2D eigenvalue weighted by molar-refractivity contribution is 7.87. The molecule has 0 unspecified atom stereocenters. The Morgan fingerprint density at radius 1 is 1.12 bits per heavy atom. The Kier molecular flexibility index (Phi) is 6.78. The first kappa shape index (κ1) is 23.4. The fourth-order valence-corrected chi connectivity index (χ4v) is 5.89. The number of alkyl halides is 3. The highest BCUT2D eigenvalue weighted by Crippen LogP contribution is 2.32. The Bertz CT molecular complexity index is 1220. The van der Waals surface area contributed by atoms with Crippen LogP contribution in [0.1, 0.15) is 41.3 Å². The summed E-state index contributed by atoms with van der Waals surface area (Å²) < 4.78 is 40.9. The molecule has 3 aromatic rings. The number of aromatic nitrogens is 2. The molecule has 1 aromatic heterocycles. The summed E-state index contributed by atoms with van der Waals surface area (Å²) in [5.74, 6) is 0.676. The number of carbonyl (C=O) groups excluding carboxylic acids is 1. The Morgan fingerprint density at radius 2 is 1.88 bits per heavy atom. The number of amides is 1. The van der Waals surface area contributed by atoms with Crippen molar-refractivity contribution in [3.63, 3.8) is 0 Å². The number of rotatable bonds is 4. The number of halogens is 3. The highest BCUT2D eigenvalue weighted by atomic mass is 32.2. The van der Waals surface area contributed by atoms with Crippen molar-refractivity contribution in [2.24, 2.45) is 4.36 Å². The summed E-state index contributed by atoms with van der Waals surface area (Å²) >= 11 is 0. The molecule has 0 atom stereocenters. The molecular formula is C24H25F3N4OS. The van der Waals surface area contributed by atoms with Crippen LogP contribution >= 0.6 is 0 Å². The quantitative estimate of drug-likeness (QED) is 0.532. The number of hydrogen-bond acceptors (Lipinski definition) is 4. The molecule has 1 aliphatic rings. The molecule has 0 saturated carbocycles. The van der Waals surface area contributed by atoms with E-state index in [0.29, 0.717) is 36.7 Å². The summed E-state index contributed by atoms with van der Waals surface area (Å²) in [5, 5.41) is 4.36. The zero-order chi connectivity index (χ0) is 23.6. The van der Waals surface area contributed by atoms with E-state index >= 15 is 0 Å². The lowest BCUT2D eigenvalue weighted by atomic mass is 9.92. The predicted octanol–water partition coefficient (Wildman–Crippen LogP) is 5.63. The second-order valence-corrected chi connectivity index (χ2v) is 10.2. The van der Waals surface area contributed by atoms with Crippen LogP contribution in [0, 0.1) is 13.8 Å². The fraction of sp³-hybridized carbons (Fsp3) is 0.375. The maximum atomic E-state index is 12.5. The van der Waals surface area contributed by atoms with Crippen LogP contribution in [0.2, 0.25) is 0 Å². The second-order valence-electron chi connectivity index (χ2n) is 8.28. The zero-order valence-electron chi connectivity index (χ0n) is 18.4. The van der Waals surface area contributed by atoms with E-state index < -0.39 is 22.8 Å². The van der Waals surface area contributed by atoms with Gasteiger partial charge in [0.1, 0.15) is 11.6 Å². The van der Waals surface area contributed by atoms with Gasteiger partial charge < -0.3 is 5.32 Å². The molecule has 33 heavy (non-hydrogen) atoms. The minimum absolute atomic E-state index is 0.209. The number of nitrogens with zero attached hydrogens (tertiary/aromatic N) is 3. The van der Waals surface area contributed by atoms with E-state index in [-0.39, 0.29) is 5.92 Å². The Hall–Kier alpha value is -2.81. The van der Waals surface area contributed by atoms with Gasteiger partial charge >= 0.3 is 12.1 Å². The number of benzene rings is 2. The number of anilines is 1. The zero-order valence-corrected chi connectivity index (χ0v) is 19.3. The molecule has 174 valence electrons. The number of hydrogen-bond donors (Lipinski definition) is 1. The van der Waals surface area contributed by atoms with Crippen LogP contribution in [0.5, 0.6) is 0 Å². The third-order valence-corrected chi connectivity index (χ3v) is 7.54. The first-order chi connectivity index (χ1) is 15.7. The summed E-state index contributed by atoms with van der Waals surface area (Å²) in [5.41, 5.74) is 4.31. The maximum Gasteiger partial charge on any atom is 0.474 e. The summed E-state index contributed by atoms with van der Waals surface area (Å²) in [6.45, 7) is 4.55. The minimum atomic E-state index is -4.89. The molecular weight excluding hydrogens is 449 g/mol. The van der Waals surface area contributed by atoms with Crippen molar-refractivity contribution < 1.29 is 18.0 Å². The van der Waals surface area contributed by atoms with Gasteiger partial charge in [-0.3, -0.25) is 4.79 Å². The van der Waals surface area contributed by atoms with Crippen LogP contribution in [-0.2, 0) is 22.0 Å². The lowest BCUT2D eigenvalue weighted by Crippen LogP contribution is -2.24. The molecule has 1 N–H and O–H groups in total. The normalized spacial score (nSPS) is 18.8. The van der Waals surface area contributed by atoms with Crippen LogP contribution in [0.3, 0.4) is 0 Å². The third-order valence-electron chi connectivity index (χ3n) is 5.70. The number of aryl methyl sites for hydroxylation is 2. The average Bonchev–Trinajstić information content (AvgIpc) is 2.77. The standard InChI is InChI=1S/C24H25F3N4OS/c1-15-4-3-5-17(12-15)14-28-22-20-13-19(6-7-21(20)29-16(2)30-22)18-8-10-33(11-9-18)31-23(32)24(25,26)27/h3-7,12-13,18H,8-11,14H2,1-2H3,(H,28,29,30). The smallest absolute Gasteiger partial charge is 0.365 e. The summed E-state index contributed by atoms with van der Waals surface area (Å²) in [6, 6.07) is 14.4. The van der Waals surface area contributed by atoms with Gasteiger partial charge in [-0.25, -0.2) is 9.97 Å². The van der Waals surface area contributed by atoms with Gasteiger partial charge in [-0.1, -0.05) is 46.6 Å². The molecule has 1 saturated heterocycles. The monoisotopic (exact) mass is 474 g/mol. The van der Waals surface area contributed by atoms with Crippen molar-refractivity contribution in [2.75, 3.05) is 16.8 Å². The van der Waals surface area contributed by atoms with E-state index in [1.54, 1.807) is 0 Å². The van der Waals surface area contributed by atoms with Crippen LogP contribution in [0.4, 0.5) is 19.0 Å². The highest BCUT2D eigenvalue weighted by Gasteiger charge is 2.39. The molecule has 1 aliphatic heterocycles. The second kappa shape index (κ2) is 9.59. The third kappa shape index (κ3) is 5.76. The van der Waals surface area contributed by atoms with Crippen LogP contribution < -0.4 is 5.32 Å². The van der Waals surface area contributed by atoms with E-state index in [0.717, 1.165) is 27.8 Å². The molecule has 0 aliphatic carbocycles. The van der Waals surface area contributed by atoms with Crippen molar-refractivity contribution in [3.8, 4) is 0 Å². The first-order valence-corrected chi connectivity index (χ1v) is 12.3. The Balaban J connectivity index is 1.53. The number of nitrogens with one attached hydrogen (secondary N) is 1. The van der Waals surface area contributed by atoms with Crippen molar-refractivity contribution >= 4 is 33.3 Å². The van der Waals surface area contributed by atoms with Gasteiger partial charge in [0, 0.05) is 23.4 Å². The molecule has 2 aromatic carbocycles. The van der Waals surface area contributed by atoms with Crippen LogP contribution in [-0.4, -0.2) is 33.6 Å². The molecule has 4 rings (SSSR count). The molecule has 0 spiro atoms. The van der Waals surface area contributed by atoms with E-state index in [1.165, 1.54) is 5.56 Å².